The molecule has 3 aromatic heterocycles. The topological polar surface area (TPSA) is 43.6 Å². The maximum atomic E-state index is 5.50. The maximum Gasteiger partial charge on any atom is 0.238 e. The van der Waals surface area contributed by atoms with Crippen molar-refractivity contribution in [2.75, 3.05) is 0 Å². The fraction of sp³-hybridized carbons (Fsp3) is 0.0179. The molecule has 0 saturated heterocycles. The number of fused-ring (bicyclic) bond motifs is 10. The summed E-state index contributed by atoms with van der Waals surface area (Å²) in [5.41, 5.74) is 8.41. The van der Waals surface area contributed by atoms with Gasteiger partial charge in [0, 0.05) is 58.6 Å². The lowest BCUT2D eigenvalue weighted by molar-refractivity contribution is 0.956. The molecule has 9 aromatic carbocycles. The van der Waals surface area contributed by atoms with Crippen LogP contribution in [0, 0.1) is 0 Å². The van der Waals surface area contributed by atoms with Gasteiger partial charge in [0.15, 0.2) is 11.6 Å². The van der Waals surface area contributed by atoms with Crippen LogP contribution in [-0.2, 0) is 0 Å². The zero-order chi connectivity index (χ0) is 40.6. The van der Waals surface area contributed by atoms with Crippen LogP contribution in [0.2, 0.25) is 0 Å². The Balaban J connectivity index is 1.26. The van der Waals surface area contributed by atoms with Crippen LogP contribution in [0.4, 0.5) is 0 Å². The zero-order valence-electron chi connectivity index (χ0n) is 33.3. The second-order valence-electron chi connectivity index (χ2n) is 15.5. The SMILES string of the molecule is C=Cc1c(/C=C\C)c2ccccc2c2c1c1cccc(-c3cccc4c3sc3ccccc34)c1n2-c1nc(-c2ccc3ccccc3c2)nc(-c2ccc3ccccc3c2)n1. The van der Waals surface area contributed by atoms with E-state index in [1.807, 2.05) is 17.4 Å². The number of para-hydroxylation sites is 1. The third-order valence-corrected chi connectivity index (χ3v) is 13.3. The van der Waals surface area contributed by atoms with E-state index in [9.17, 15) is 0 Å². The number of nitrogens with zero attached hydrogens (tertiary/aromatic N) is 4. The molecular formula is C56H36N4S. The Bertz CT molecular complexity index is 3710. The molecule has 0 fully saturated rings. The third-order valence-electron chi connectivity index (χ3n) is 12.1. The van der Waals surface area contributed by atoms with Crippen LogP contribution < -0.4 is 0 Å². The van der Waals surface area contributed by atoms with Crippen LogP contribution in [-0.4, -0.2) is 19.5 Å². The van der Waals surface area contributed by atoms with E-state index < -0.39 is 0 Å². The minimum absolute atomic E-state index is 0.552. The number of rotatable bonds is 6. The Morgan fingerprint density at radius 2 is 1.07 bits per heavy atom. The van der Waals surface area contributed by atoms with Crippen LogP contribution in [0.25, 0.3) is 126 Å². The molecule has 0 N–H and O–H groups in total. The molecule has 0 bridgehead atoms. The Morgan fingerprint density at radius 3 is 1.74 bits per heavy atom. The zero-order valence-corrected chi connectivity index (χ0v) is 34.1. The lowest BCUT2D eigenvalue weighted by Gasteiger charge is -2.15. The van der Waals surface area contributed by atoms with Crippen molar-refractivity contribution in [1.82, 2.24) is 19.5 Å². The number of hydrogen-bond acceptors (Lipinski definition) is 4. The summed E-state index contributed by atoms with van der Waals surface area (Å²) in [6, 6.07) is 60.6. The summed E-state index contributed by atoms with van der Waals surface area (Å²) in [5.74, 6) is 1.77. The van der Waals surface area contributed by atoms with Gasteiger partial charge in [-0.1, -0.05) is 176 Å². The first-order valence-corrected chi connectivity index (χ1v) is 21.4. The van der Waals surface area contributed by atoms with Gasteiger partial charge in [-0.2, -0.15) is 9.97 Å². The largest absolute Gasteiger partial charge is 0.277 e. The minimum atomic E-state index is 0.552. The highest BCUT2D eigenvalue weighted by Gasteiger charge is 2.26. The van der Waals surface area contributed by atoms with Gasteiger partial charge < -0.3 is 0 Å². The van der Waals surface area contributed by atoms with Gasteiger partial charge in [0.05, 0.1) is 11.0 Å². The minimum Gasteiger partial charge on any atom is -0.277 e. The predicted octanol–water partition coefficient (Wildman–Crippen LogP) is 15.5. The summed E-state index contributed by atoms with van der Waals surface area (Å²) in [6.07, 6.45) is 6.34. The molecule has 286 valence electrons. The van der Waals surface area contributed by atoms with Crippen LogP contribution >= 0.6 is 11.3 Å². The number of aromatic nitrogens is 4. The lowest BCUT2D eigenvalue weighted by Crippen LogP contribution is -2.07. The summed E-state index contributed by atoms with van der Waals surface area (Å²) < 4.78 is 4.84. The highest BCUT2D eigenvalue weighted by molar-refractivity contribution is 7.26. The van der Waals surface area contributed by atoms with Crippen molar-refractivity contribution in [1.29, 1.82) is 0 Å². The fourth-order valence-corrected chi connectivity index (χ4v) is 10.6. The highest BCUT2D eigenvalue weighted by Crippen LogP contribution is 2.47. The normalized spacial score (nSPS) is 12.0. The quantitative estimate of drug-likeness (QED) is 0.168. The van der Waals surface area contributed by atoms with E-state index in [2.05, 4.69) is 200 Å². The van der Waals surface area contributed by atoms with Gasteiger partial charge in [0.2, 0.25) is 5.95 Å². The van der Waals surface area contributed by atoms with Crippen molar-refractivity contribution >= 4 is 97.8 Å². The maximum absolute atomic E-state index is 5.50. The summed E-state index contributed by atoms with van der Waals surface area (Å²) in [5, 5.41) is 11.6. The molecule has 0 saturated carbocycles. The summed E-state index contributed by atoms with van der Waals surface area (Å²) in [7, 11) is 0. The number of benzene rings is 9. The number of hydrogen-bond donors (Lipinski definition) is 0. The van der Waals surface area contributed by atoms with E-state index in [0.717, 1.165) is 81.9 Å². The number of allylic oxidation sites excluding steroid dienone is 1. The summed E-state index contributed by atoms with van der Waals surface area (Å²) >= 11 is 1.84. The van der Waals surface area contributed by atoms with Crippen molar-refractivity contribution in [2.24, 2.45) is 0 Å². The van der Waals surface area contributed by atoms with Crippen LogP contribution in [0.5, 0.6) is 0 Å². The van der Waals surface area contributed by atoms with E-state index in [1.54, 1.807) is 0 Å². The van der Waals surface area contributed by atoms with Crippen molar-refractivity contribution in [2.45, 2.75) is 6.92 Å². The molecule has 12 aromatic rings. The average Bonchev–Trinajstić information content (AvgIpc) is 3.88. The van der Waals surface area contributed by atoms with Gasteiger partial charge in [0.25, 0.3) is 0 Å². The second kappa shape index (κ2) is 13.9. The van der Waals surface area contributed by atoms with Crippen molar-refractivity contribution in [3.8, 4) is 39.9 Å². The van der Waals surface area contributed by atoms with E-state index >= 15 is 0 Å². The first-order chi connectivity index (χ1) is 30.2. The van der Waals surface area contributed by atoms with Gasteiger partial charge in [0.1, 0.15) is 0 Å². The first-order valence-electron chi connectivity index (χ1n) is 20.6. The predicted molar refractivity (Wildman–Crippen MR) is 261 cm³/mol. The molecule has 0 spiro atoms. The van der Waals surface area contributed by atoms with E-state index in [1.165, 1.54) is 25.7 Å². The van der Waals surface area contributed by atoms with Gasteiger partial charge >= 0.3 is 0 Å². The van der Waals surface area contributed by atoms with Gasteiger partial charge in [-0.25, -0.2) is 4.98 Å². The Morgan fingerprint density at radius 1 is 0.492 bits per heavy atom. The fourth-order valence-electron chi connectivity index (χ4n) is 9.38. The number of thiophene rings is 1. The van der Waals surface area contributed by atoms with Crippen LogP contribution in [0.1, 0.15) is 18.1 Å². The third kappa shape index (κ3) is 5.48. The molecule has 0 atom stereocenters. The second-order valence-corrected chi connectivity index (χ2v) is 16.6. The molecule has 0 unspecified atom stereocenters. The highest BCUT2D eigenvalue weighted by atomic mass is 32.1. The molecule has 12 rings (SSSR count). The van der Waals surface area contributed by atoms with E-state index in [-0.39, 0.29) is 0 Å². The van der Waals surface area contributed by atoms with Gasteiger partial charge in [-0.15, -0.1) is 11.3 Å². The van der Waals surface area contributed by atoms with Crippen molar-refractivity contribution < 1.29 is 0 Å². The van der Waals surface area contributed by atoms with E-state index in [4.69, 9.17) is 15.0 Å². The molecular weight excluding hydrogens is 761 g/mol. The Hall–Kier alpha value is -7.73. The Kier molecular flexibility index (Phi) is 8.05. The van der Waals surface area contributed by atoms with Crippen LogP contribution in [0.15, 0.2) is 183 Å². The first kappa shape index (κ1) is 35.2. The molecule has 0 radical (unpaired) electrons. The van der Waals surface area contributed by atoms with Gasteiger partial charge in [-0.3, -0.25) is 4.57 Å². The van der Waals surface area contributed by atoms with Gasteiger partial charge in [-0.05, 0) is 63.2 Å². The molecule has 0 aliphatic rings. The molecule has 5 heteroatoms. The molecule has 0 amide bonds. The molecule has 3 heterocycles. The smallest absolute Gasteiger partial charge is 0.238 e. The summed E-state index contributed by atoms with van der Waals surface area (Å²) in [6.45, 7) is 6.52. The molecule has 61 heavy (non-hydrogen) atoms. The average molecular weight is 797 g/mol. The standard InChI is InChI=1S/C56H36N4S/c1-3-15-41-40(4-2)50-48-26-13-23-45(47-25-14-24-46-43-21-11-12-27-49(43)61-53(46)47)51(48)60(52(50)44-22-10-9-20-42(41)44)56-58-54(38-30-28-34-16-5-7-18-36(34)32-38)57-55(59-56)39-31-29-35-17-6-8-19-37(35)33-39/h3-33H,2H2,1H3/b15-3-. The van der Waals surface area contributed by atoms with Crippen molar-refractivity contribution in [3.63, 3.8) is 0 Å². The van der Waals surface area contributed by atoms with Crippen molar-refractivity contribution in [3.05, 3.63) is 194 Å². The summed E-state index contributed by atoms with van der Waals surface area (Å²) in [4.78, 5) is 16.3. The Labute approximate surface area is 356 Å². The molecule has 0 aliphatic heterocycles. The van der Waals surface area contributed by atoms with Crippen LogP contribution in [0.3, 0.4) is 0 Å². The van der Waals surface area contributed by atoms with E-state index in [0.29, 0.717) is 17.6 Å². The lowest BCUT2D eigenvalue weighted by atomic mass is 9.92. The molecule has 0 aliphatic carbocycles. The molecule has 4 nitrogen and oxygen atoms in total. The monoisotopic (exact) mass is 796 g/mol.